The van der Waals surface area contributed by atoms with Crippen LogP contribution < -0.4 is 5.32 Å². The number of carbonyl (C=O) groups excluding carboxylic acids is 1. The van der Waals surface area contributed by atoms with Crippen molar-refractivity contribution in [3.05, 3.63) is 21.9 Å². The second-order valence-electron chi connectivity index (χ2n) is 4.92. The van der Waals surface area contributed by atoms with Crippen molar-refractivity contribution in [1.82, 2.24) is 10.2 Å². The van der Waals surface area contributed by atoms with E-state index in [9.17, 15) is 4.79 Å². The maximum Gasteiger partial charge on any atom is 0.409 e. The molecule has 106 valence electrons. The van der Waals surface area contributed by atoms with Crippen molar-refractivity contribution in [3.63, 3.8) is 0 Å². The van der Waals surface area contributed by atoms with E-state index in [4.69, 9.17) is 4.74 Å². The summed E-state index contributed by atoms with van der Waals surface area (Å²) in [6.07, 6.45) is 1.83. The summed E-state index contributed by atoms with van der Waals surface area (Å²) in [6.45, 7) is 6.96. The Kier molecular flexibility index (Phi) is 5.22. The summed E-state index contributed by atoms with van der Waals surface area (Å²) < 4.78 is 5.02. The van der Waals surface area contributed by atoms with Crippen molar-refractivity contribution in [3.8, 4) is 0 Å². The predicted molar refractivity (Wildman–Crippen MR) is 77.5 cm³/mol. The van der Waals surface area contributed by atoms with Crippen molar-refractivity contribution in [2.75, 3.05) is 19.7 Å². The van der Waals surface area contributed by atoms with Crippen LogP contribution in [-0.4, -0.2) is 36.7 Å². The number of ether oxygens (including phenoxy) is 1. The van der Waals surface area contributed by atoms with Crippen LogP contribution in [0, 0.1) is 6.92 Å². The topological polar surface area (TPSA) is 41.6 Å². The van der Waals surface area contributed by atoms with Gasteiger partial charge in [-0.1, -0.05) is 0 Å². The fourth-order valence-electron chi connectivity index (χ4n) is 2.30. The highest BCUT2D eigenvalue weighted by molar-refractivity contribution is 7.08. The summed E-state index contributed by atoms with van der Waals surface area (Å²) in [5.41, 5.74) is 2.75. The summed E-state index contributed by atoms with van der Waals surface area (Å²) in [6, 6.07) is 0.505. The number of rotatable bonds is 4. The molecule has 4 nitrogen and oxygen atoms in total. The number of hydrogen-bond acceptors (Lipinski definition) is 4. The van der Waals surface area contributed by atoms with Gasteiger partial charge in [0.2, 0.25) is 0 Å². The Balaban J connectivity index is 1.72. The molecule has 1 aromatic heterocycles. The van der Waals surface area contributed by atoms with Gasteiger partial charge in [-0.25, -0.2) is 4.79 Å². The average Bonchev–Trinajstić information content (AvgIpc) is 2.83. The van der Waals surface area contributed by atoms with Gasteiger partial charge < -0.3 is 15.0 Å². The molecule has 0 bridgehead atoms. The minimum Gasteiger partial charge on any atom is -0.450 e. The van der Waals surface area contributed by atoms with Gasteiger partial charge >= 0.3 is 6.09 Å². The van der Waals surface area contributed by atoms with E-state index in [0.29, 0.717) is 12.6 Å². The number of piperidine rings is 1. The maximum atomic E-state index is 11.6. The first-order valence-electron chi connectivity index (χ1n) is 6.87. The predicted octanol–water partition coefficient (Wildman–Crippen LogP) is 2.77. The van der Waals surface area contributed by atoms with Crippen LogP contribution in [0.1, 0.15) is 30.9 Å². The van der Waals surface area contributed by atoms with E-state index in [0.717, 1.165) is 32.5 Å². The van der Waals surface area contributed by atoms with Crippen LogP contribution in [0.4, 0.5) is 4.79 Å². The number of nitrogens with zero attached hydrogens (tertiary/aromatic N) is 1. The van der Waals surface area contributed by atoms with E-state index in [1.54, 1.807) is 16.2 Å². The highest BCUT2D eigenvalue weighted by Gasteiger charge is 2.23. The van der Waals surface area contributed by atoms with Crippen molar-refractivity contribution in [1.29, 1.82) is 0 Å². The molecule has 1 fully saturated rings. The summed E-state index contributed by atoms with van der Waals surface area (Å²) >= 11 is 1.75. The molecule has 2 rings (SSSR count). The molecule has 19 heavy (non-hydrogen) atoms. The van der Waals surface area contributed by atoms with E-state index in [2.05, 4.69) is 23.0 Å². The third kappa shape index (κ3) is 3.94. The quantitative estimate of drug-likeness (QED) is 0.923. The smallest absolute Gasteiger partial charge is 0.409 e. The van der Waals surface area contributed by atoms with E-state index in [-0.39, 0.29) is 6.09 Å². The molecule has 0 saturated carbocycles. The number of amides is 1. The van der Waals surface area contributed by atoms with Gasteiger partial charge in [0.05, 0.1) is 6.61 Å². The van der Waals surface area contributed by atoms with E-state index < -0.39 is 0 Å². The van der Waals surface area contributed by atoms with Gasteiger partial charge in [-0.2, -0.15) is 11.3 Å². The van der Waals surface area contributed by atoms with Crippen LogP contribution in [0.5, 0.6) is 0 Å². The van der Waals surface area contributed by atoms with Gasteiger partial charge in [0.25, 0.3) is 0 Å². The molecule has 1 N–H and O–H groups in total. The molecule has 0 spiro atoms. The molecule has 5 heteroatoms. The Hall–Kier alpha value is -1.07. The lowest BCUT2D eigenvalue weighted by Gasteiger charge is -2.31. The first kappa shape index (κ1) is 14.3. The number of thiophene rings is 1. The zero-order valence-electron chi connectivity index (χ0n) is 11.6. The van der Waals surface area contributed by atoms with Crippen molar-refractivity contribution >= 4 is 17.4 Å². The first-order valence-corrected chi connectivity index (χ1v) is 7.81. The van der Waals surface area contributed by atoms with Crippen molar-refractivity contribution in [2.45, 2.75) is 39.3 Å². The van der Waals surface area contributed by atoms with Crippen LogP contribution in [0.2, 0.25) is 0 Å². The Morgan fingerprint density at radius 2 is 2.21 bits per heavy atom. The normalized spacial score (nSPS) is 16.6. The first-order chi connectivity index (χ1) is 9.20. The minimum absolute atomic E-state index is 0.172. The molecule has 0 radical (unpaired) electrons. The minimum atomic E-state index is -0.172. The molecule has 0 unspecified atom stereocenters. The Labute approximate surface area is 118 Å². The van der Waals surface area contributed by atoms with Gasteiger partial charge in [0.15, 0.2) is 0 Å². The fourth-order valence-corrected chi connectivity index (χ4v) is 3.16. The molecular weight excluding hydrogens is 260 g/mol. The van der Waals surface area contributed by atoms with Crippen LogP contribution in [-0.2, 0) is 11.3 Å². The molecule has 0 atom stereocenters. The van der Waals surface area contributed by atoms with Crippen molar-refractivity contribution in [2.24, 2.45) is 0 Å². The fraction of sp³-hybridized carbons (Fsp3) is 0.643. The summed E-state index contributed by atoms with van der Waals surface area (Å²) in [4.78, 5) is 13.4. The standard InChI is InChI=1S/C14H22N2O2S/c1-3-18-14(17)16-6-4-13(5-7-16)15-8-12-10-19-9-11(12)2/h9-10,13,15H,3-8H2,1-2H3. The average molecular weight is 282 g/mol. The Morgan fingerprint density at radius 1 is 1.47 bits per heavy atom. The number of likely N-dealkylation sites (tertiary alicyclic amines) is 1. The van der Waals surface area contributed by atoms with Crippen LogP contribution in [0.15, 0.2) is 10.8 Å². The second kappa shape index (κ2) is 6.91. The lowest BCUT2D eigenvalue weighted by molar-refractivity contribution is 0.0950. The Morgan fingerprint density at radius 3 is 2.79 bits per heavy atom. The van der Waals surface area contributed by atoms with Crippen LogP contribution >= 0.6 is 11.3 Å². The third-order valence-electron chi connectivity index (χ3n) is 3.56. The third-order valence-corrected chi connectivity index (χ3v) is 4.47. The van der Waals surface area contributed by atoms with Gasteiger partial charge in [-0.3, -0.25) is 0 Å². The van der Waals surface area contributed by atoms with E-state index in [1.165, 1.54) is 11.1 Å². The Bertz CT molecular complexity index is 411. The molecule has 0 aliphatic carbocycles. The largest absolute Gasteiger partial charge is 0.450 e. The van der Waals surface area contributed by atoms with Crippen LogP contribution in [0.3, 0.4) is 0 Å². The van der Waals surface area contributed by atoms with Gasteiger partial charge in [0.1, 0.15) is 0 Å². The molecule has 1 aliphatic rings. The number of hydrogen-bond donors (Lipinski definition) is 1. The molecule has 0 aromatic carbocycles. The van der Waals surface area contributed by atoms with E-state index >= 15 is 0 Å². The molecule has 1 amide bonds. The zero-order valence-corrected chi connectivity index (χ0v) is 12.5. The number of aryl methyl sites for hydroxylation is 1. The van der Waals surface area contributed by atoms with Gasteiger partial charge in [-0.05, 0) is 48.6 Å². The zero-order chi connectivity index (χ0) is 13.7. The maximum absolute atomic E-state index is 11.6. The number of nitrogens with one attached hydrogen (secondary N) is 1. The lowest BCUT2D eigenvalue weighted by atomic mass is 10.0. The number of carbonyl (C=O) groups is 1. The second-order valence-corrected chi connectivity index (χ2v) is 5.66. The molecule has 1 aliphatic heterocycles. The summed E-state index contributed by atoms with van der Waals surface area (Å²) in [5, 5.41) is 7.97. The SMILES string of the molecule is CCOC(=O)N1CCC(NCc2cscc2C)CC1. The summed E-state index contributed by atoms with van der Waals surface area (Å²) in [5.74, 6) is 0. The highest BCUT2D eigenvalue weighted by atomic mass is 32.1. The lowest BCUT2D eigenvalue weighted by Crippen LogP contribution is -2.44. The van der Waals surface area contributed by atoms with Gasteiger partial charge in [0, 0.05) is 25.7 Å². The molecular formula is C14H22N2O2S. The molecule has 1 aromatic rings. The summed E-state index contributed by atoms with van der Waals surface area (Å²) in [7, 11) is 0. The van der Waals surface area contributed by atoms with Crippen molar-refractivity contribution < 1.29 is 9.53 Å². The highest BCUT2D eigenvalue weighted by Crippen LogP contribution is 2.16. The van der Waals surface area contributed by atoms with E-state index in [1.807, 2.05) is 6.92 Å². The van der Waals surface area contributed by atoms with Crippen LogP contribution in [0.25, 0.3) is 0 Å². The monoisotopic (exact) mass is 282 g/mol. The molecule has 2 heterocycles. The van der Waals surface area contributed by atoms with Gasteiger partial charge in [-0.15, -0.1) is 0 Å². The molecule has 1 saturated heterocycles.